The van der Waals surface area contributed by atoms with Crippen molar-refractivity contribution in [2.24, 2.45) is 5.92 Å². The monoisotopic (exact) mass is 566 g/mol. The summed E-state index contributed by atoms with van der Waals surface area (Å²) in [5, 5.41) is 10.1. The van der Waals surface area contributed by atoms with Crippen molar-refractivity contribution >= 4 is 6.08 Å². The van der Waals surface area contributed by atoms with Gasteiger partial charge >= 0.3 is 0 Å². The molecule has 0 aliphatic heterocycles. The molecule has 3 aromatic carbocycles. The molecule has 0 bridgehead atoms. The number of halogens is 4. The number of aliphatic hydroxyl groups is 1. The molecule has 1 fully saturated rings. The maximum absolute atomic E-state index is 15.0. The number of benzene rings is 3. The molecule has 0 amide bonds. The SMILES string of the molecule is C=CCCCOc1ccc(C2CCC(/C=C/c3ccc(-c4ccc(C(O)CCC)cc4)c(F)c3F)CC2)c(F)c1F. The average Bonchev–Trinajstić information content (AvgIpc) is 2.99. The first-order valence-electron chi connectivity index (χ1n) is 14.5. The average molecular weight is 567 g/mol. The number of hydrogen-bond acceptors (Lipinski definition) is 2. The Morgan fingerprint density at radius 3 is 2.32 bits per heavy atom. The zero-order valence-electron chi connectivity index (χ0n) is 23.5. The lowest BCUT2D eigenvalue weighted by Crippen LogP contribution is -2.14. The maximum Gasteiger partial charge on any atom is 0.200 e. The van der Waals surface area contributed by atoms with E-state index in [0.29, 0.717) is 43.4 Å². The van der Waals surface area contributed by atoms with Crippen molar-refractivity contribution in [1.29, 1.82) is 0 Å². The van der Waals surface area contributed by atoms with E-state index >= 15 is 0 Å². The van der Waals surface area contributed by atoms with Crippen LogP contribution in [0.15, 0.2) is 67.3 Å². The fourth-order valence-electron chi connectivity index (χ4n) is 5.49. The minimum atomic E-state index is -0.950. The molecule has 2 nitrogen and oxygen atoms in total. The summed E-state index contributed by atoms with van der Waals surface area (Å²) in [6, 6.07) is 13.1. The molecular weight excluding hydrogens is 528 g/mol. The lowest BCUT2D eigenvalue weighted by atomic mass is 9.78. The van der Waals surface area contributed by atoms with Gasteiger partial charge in [0.15, 0.2) is 23.2 Å². The Balaban J connectivity index is 1.36. The minimum Gasteiger partial charge on any atom is -0.490 e. The molecule has 3 aromatic rings. The first-order valence-corrected chi connectivity index (χ1v) is 14.5. The smallest absolute Gasteiger partial charge is 0.200 e. The van der Waals surface area contributed by atoms with Gasteiger partial charge in [-0.25, -0.2) is 13.2 Å². The molecule has 0 saturated heterocycles. The Kier molecular flexibility index (Phi) is 10.8. The van der Waals surface area contributed by atoms with Crippen molar-refractivity contribution in [3.63, 3.8) is 0 Å². The van der Waals surface area contributed by atoms with Crippen molar-refractivity contribution < 1.29 is 27.4 Å². The first-order chi connectivity index (χ1) is 19.8. The molecule has 1 N–H and O–H groups in total. The van der Waals surface area contributed by atoms with Crippen LogP contribution in [0.1, 0.15) is 87.0 Å². The fraction of sp³-hybridized carbons (Fsp3) is 0.371. The molecule has 1 aliphatic carbocycles. The van der Waals surface area contributed by atoms with Gasteiger partial charge in [-0.05, 0) is 79.5 Å². The second-order valence-corrected chi connectivity index (χ2v) is 10.8. The van der Waals surface area contributed by atoms with E-state index in [4.69, 9.17) is 4.74 Å². The van der Waals surface area contributed by atoms with E-state index in [0.717, 1.165) is 31.2 Å². The zero-order chi connectivity index (χ0) is 29.4. The Bertz CT molecular complexity index is 1340. The second kappa shape index (κ2) is 14.5. The Morgan fingerprint density at radius 2 is 1.63 bits per heavy atom. The standard InChI is InChI=1S/C35H38F4O2/c1-3-5-6-22-41-31-21-20-29(34(38)35(31)39)24-11-8-23(9-12-24)10-13-27-18-19-28(33(37)32(27)36)25-14-16-26(17-15-25)30(40)7-4-2/h3,10,13-21,23-24,30,40H,1,4-9,11-12,22H2,2H3/b13-10+. The number of hydrogen-bond donors (Lipinski definition) is 1. The van der Waals surface area contributed by atoms with Crippen LogP contribution in [0.25, 0.3) is 17.2 Å². The van der Waals surface area contributed by atoms with Gasteiger partial charge in [0, 0.05) is 11.1 Å². The topological polar surface area (TPSA) is 29.5 Å². The van der Waals surface area contributed by atoms with Gasteiger partial charge < -0.3 is 9.84 Å². The van der Waals surface area contributed by atoms with Crippen LogP contribution in [-0.4, -0.2) is 11.7 Å². The summed E-state index contributed by atoms with van der Waals surface area (Å²) in [7, 11) is 0. The molecule has 1 unspecified atom stereocenters. The molecule has 0 spiro atoms. The fourth-order valence-corrected chi connectivity index (χ4v) is 5.49. The van der Waals surface area contributed by atoms with Crippen LogP contribution < -0.4 is 4.74 Å². The summed E-state index contributed by atoms with van der Waals surface area (Å²) >= 11 is 0. The van der Waals surface area contributed by atoms with Crippen molar-refractivity contribution in [3.8, 4) is 16.9 Å². The first kappa shape index (κ1) is 30.6. The quantitative estimate of drug-likeness (QED) is 0.134. The minimum absolute atomic E-state index is 0.0741. The van der Waals surface area contributed by atoms with Crippen molar-refractivity contribution in [3.05, 3.63) is 107 Å². The van der Waals surface area contributed by atoms with E-state index in [9.17, 15) is 22.7 Å². The summed E-state index contributed by atoms with van der Waals surface area (Å²) in [5.41, 5.74) is 1.98. The van der Waals surface area contributed by atoms with Crippen LogP contribution in [-0.2, 0) is 0 Å². The van der Waals surface area contributed by atoms with Crippen molar-refractivity contribution in [2.75, 3.05) is 6.61 Å². The van der Waals surface area contributed by atoms with Crippen molar-refractivity contribution in [2.45, 2.75) is 70.3 Å². The van der Waals surface area contributed by atoms with Gasteiger partial charge in [0.25, 0.3) is 0 Å². The van der Waals surface area contributed by atoms with Crippen LogP contribution in [0.3, 0.4) is 0 Å². The lowest BCUT2D eigenvalue weighted by molar-refractivity contribution is 0.166. The summed E-state index contributed by atoms with van der Waals surface area (Å²) in [5.74, 6) is -3.67. The zero-order valence-corrected chi connectivity index (χ0v) is 23.5. The highest BCUT2D eigenvalue weighted by Gasteiger charge is 2.26. The van der Waals surface area contributed by atoms with Crippen LogP contribution in [0.2, 0.25) is 0 Å². The predicted octanol–water partition coefficient (Wildman–Crippen LogP) is 10.1. The summed E-state index contributed by atoms with van der Waals surface area (Å²) in [4.78, 5) is 0. The van der Waals surface area contributed by atoms with Gasteiger partial charge in [0.2, 0.25) is 5.82 Å². The molecule has 0 heterocycles. The maximum atomic E-state index is 15.0. The number of aliphatic hydroxyl groups excluding tert-OH is 1. The third kappa shape index (κ3) is 7.48. The number of ether oxygens (including phenoxy) is 1. The van der Waals surface area contributed by atoms with E-state index in [1.54, 1.807) is 54.6 Å². The largest absolute Gasteiger partial charge is 0.490 e. The molecule has 0 aromatic heterocycles. The van der Waals surface area contributed by atoms with E-state index in [1.807, 2.05) is 13.0 Å². The van der Waals surface area contributed by atoms with Gasteiger partial charge in [0.05, 0.1) is 12.7 Å². The summed E-state index contributed by atoms with van der Waals surface area (Å²) in [6.45, 7) is 5.92. The normalized spacial score (nSPS) is 18.0. The number of unbranched alkanes of at least 4 members (excludes halogenated alkanes) is 1. The van der Waals surface area contributed by atoms with Gasteiger partial charge in [-0.1, -0.05) is 74.0 Å². The second-order valence-electron chi connectivity index (χ2n) is 10.8. The molecule has 0 radical (unpaired) electrons. The van der Waals surface area contributed by atoms with Crippen molar-refractivity contribution in [1.82, 2.24) is 0 Å². The van der Waals surface area contributed by atoms with Crippen LogP contribution in [0.4, 0.5) is 17.6 Å². The molecular formula is C35H38F4O2. The lowest BCUT2D eigenvalue weighted by Gasteiger charge is -2.27. The van der Waals surface area contributed by atoms with E-state index in [2.05, 4.69) is 6.58 Å². The number of rotatable bonds is 12. The van der Waals surface area contributed by atoms with Gasteiger partial charge in [-0.3, -0.25) is 0 Å². The third-order valence-corrected chi connectivity index (χ3v) is 7.93. The van der Waals surface area contributed by atoms with Crippen LogP contribution >= 0.6 is 0 Å². The van der Waals surface area contributed by atoms with Gasteiger partial charge in [-0.2, -0.15) is 4.39 Å². The highest BCUT2D eigenvalue weighted by Crippen LogP contribution is 2.39. The molecule has 1 saturated carbocycles. The van der Waals surface area contributed by atoms with Crippen LogP contribution in [0.5, 0.6) is 5.75 Å². The van der Waals surface area contributed by atoms with E-state index in [1.165, 1.54) is 6.07 Å². The molecule has 1 aliphatic rings. The Morgan fingerprint density at radius 1 is 0.902 bits per heavy atom. The Labute approximate surface area is 240 Å². The van der Waals surface area contributed by atoms with E-state index in [-0.39, 0.29) is 28.7 Å². The summed E-state index contributed by atoms with van der Waals surface area (Å²) in [6.07, 6.45) is 10.4. The van der Waals surface area contributed by atoms with Gasteiger partial charge in [-0.15, -0.1) is 6.58 Å². The van der Waals surface area contributed by atoms with Crippen LogP contribution in [0, 0.1) is 29.2 Å². The Hall–Kier alpha value is -3.38. The highest BCUT2D eigenvalue weighted by molar-refractivity contribution is 5.67. The predicted molar refractivity (Wildman–Crippen MR) is 157 cm³/mol. The molecule has 218 valence electrons. The number of allylic oxidation sites excluding steroid dienone is 2. The summed E-state index contributed by atoms with van der Waals surface area (Å²) < 4.78 is 64.8. The molecule has 4 rings (SSSR count). The van der Waals surface area contributed by atoms with Gasteiger partial charge in [0.1, 0.15) is 0 Å². The molecule has 1 atom stereocenters. The molecule has 41 heavy (non-hydrogen) atoms. The molecule has 6 heteroatoms. The third-order valence-electron chi connectivity index (χ3n) is 7.93. The van der Waals surface area contributed by atoms with E-state index < -0.39 is 29.4 Å². The highest BCUT2D eigenvalue weighted by atomic mass is 19.2.